The van der Waals surface area contributed by atoms with Crippen molar-refractivity contribution in [2.75, 3.05) is 37.4 Å². The van der Waals surface area contributed by atoms with Gasteiger partial charge in [0.15, 0.2) is 0 Å². The summed E-state index contributed by atoms with van der Waals surface area (Å²) in [7, 11) is -2.30. The Kier molecular flexibility index (Phi) is 11.8. The number of hydrogen-bond acceptors (Lipinski definition) is 6. The minimum Gasteiger partial charge on any atom is -0.497 e. The number of benzene rings is 3. The van der Waals surface area contributed by atoms with E-state index in [-0.39, 0.29) is 24.8 Å². The average Bonchev–Trinajstić information content (AvgIpc) is 2.97. The topological polar surface area (TPSA) is 105 Å². The highest BCUT2D eigenvalue weighted by Gasteiger charge is 2.33. The maximum absolute atomic E-state index is 14.2. The minimum atomic E-state index is -3.86. The van der Waals surface area contributed by atoms with E-state index in [0.717, 1.165) is 21.7 Å². The quantitative estimate of drug-likeness (QED) is 0.281. The number of amides is 2. The summed E-state index contributed by atoms with van der Waals surface area (Å²) in [5.74, 6) is 0.573. The van der Waals surface area contributed by atoms with Crippen molar-refractivity contribution in [1.82, 2.24) is 10.2 Å². The monoisotopic (exact) mass is 595 g/mol. The van der Waals surface area contributed by atoms with Crippen LogP contribution in [0, 0.1) is 5.92 Å². The van der Waals surface area contributed by atoms with Crippen LogP contribution >= 0.6 is 0 Å². The van der Waals surface area contributed by atoms with Crippen LogP contribution < -0.4 is 19.1 Å². The maximum atomic E-state index is 14.2. The fraction of sp³-hybridized carbons (Fsp3) is 0.375. The summed E-state index contributed by atoms with van der Waals surface area (Å²) in [5.41, 5.74) is 1.93. The molecule has 226 valence electrons. The highest BCUT2D eigenvalue weighted by atomic mass is 32.2. The molecule has 0 saturated heterocycles. The molecule has 0 aromatic heterocycles. The Hall–Kier alpha value is -4.05. The number of carbonyl (C=O) groups excluding carboxylic acids is 2. The van der Waals surface area contributed by atoms with Crippen molar-refractivity contribution < 1.29 is 27.5 Å². The van der Waals surface area contributed by atoms with Crippen molar-refractivity contribution >= 4 is 27.5 Å². The first kappa shape index (κ1) is 32.5. The molecule has 0 radical (unpaired) electrons. The van der Waals surface area contributed by atoms with E-state index >= 15 is 0 Å². The SMILES string of the molecule is CCOc1ccc(N(CC(=O)N(Cc2cccc(OC)c2)[C@H](Cc2ccccc2)C(=O)NCC(C)C)S(C)(=O)=O)cc1. The largest absolute Gasteiger partial charge is 0.497 e. The lowest BCUT2D eigenvalue weighted by Gasteiger charge is -2.33. The van der Waals surface area contributed by atoms with E-state index in [0.29, 0.717) is 30.3 Å². The predicted octanol–water partition coefficient (Wildman–Crippen LogP) is 4.27. The minimum absolute atomic E-state index is 0.0729. The van der Waals surface area contributed by atoms with Gasteiger partial charge < -0.3 is 19.7 Å². The fourth-order valence-electron chi connectivity index (χ4n) is 4.43. The molecular formula is C32H41N3O6S. The Morgan fingerprint density at radius 2 is 1.57 bits per heavy atom. The molecular weight excluding hydrogens is 554 g/mol. The first-order valence-electron chi connectivity index (χ1n) is 14.0. The number of rotatable bonds is 15. The van der Waals surface area contributed by atoms with Crippen molar-refractivity contribution in [2.45, 2.75) is 39.8 Å². The Bertz CT molecular complexity index is 1410. The highest BCUT2D eigenvalue weighted by Crippen LogP contribution is 2.24. The second-order valence-corrected chi connectivity index (χ2v) is 12.3. The molecule has 0 bridgehead atoms. The number of nitrogens with zero attached hydrogens (tertiary/aromatic N) is 2. The van der Waals surface area contributed by atoms with E-state index in [9.17, 15) is 18.0 Å². The van der Waals surface area contributed by atoms with Crippen molar-refractivity contribution in [2.24, 2.45) is 5.92 Å². The van der Waals surface area contributed by atoms with Crippen molar-refractivity contribution in [3.63, 3.8) is 0 Å². The summed E-state index contributed by atoms with van der Waals surface area (Å²) in [5, 5.41) is 2.98. The van der Waals surface area contributed by atoms with E-state index in [1.165, 1.54) is 4.90 Å². The van der Waals surface area contributed by atoms with Gasteiger partial charge in [-0.25, -0.2) is 8.42 Å². The maximum Gasteiger partial charge on any atom is 0.244 e. The van der Waals surface area contributed by atoms with E-state index in [4.69, 9.17) is 9.47 Å². The zero-order valence-electron chi connectivity index (χ0n) is 24.9. The van der Waals surface area contributed by atoms with Crippen molar-refractivity contribution in [3.05, 3.63) is 90.0 Å². The Morgan fingerprint density at radius 3 is 2.17 bits per heavy atom. The fourth-order valence-corrected chi connectivity index (χ4v) is 5.28. The van der Waals surface area contributed by atoms with Crippen LogP contribution in [0.5, 0.6) is 11.5 Å². The lowest BCUT2D eigenvalue weighted by atomic mass is 10.0. The highest BCUT2D eigenvalue weighted by molar-refractivity contribution is 7.92. The number of anilines is 1. The molecule has 42 heavy (non-hydrogen) atoms. The van der Waals surface area contributed by atoms with Crippen LogP contribution in [-0.4, -0.2) is 64.2 Å². The van der Waals surface area contributed by atoms with E-state index in [1.54, 1.807) is 43.5 Å². The normalized spacial score (nSPS) is 12.0. The van der Waals surface area contributed by atoms with Crippen LogP contribution in [0.2, 0.25) is 0 Å². The van der Waals surface area contributed by atoms with Crippen LogP contribution in [-0.2, 0) is 32.6 Å². The van der Waals surface area contributed by atoms with Gasteiger partial charge in [0, 0.05) is 19.5 Å². The van der Waals surface area contributed by atoms with Crippen molar-refractivity contribution in [1.29, 1.82) is 0 Å². The summed E-state index contributed by atoms with van der Waals surface area (Å²) in [6.45, 7) is 6.33. The number of ether oxygens (including phenoxy) is 2. The average molecular weight is 596 g/mol. The van der Waals surface area contributed by atoms with Gasteiger partial charge >= 0.3 is 0 Å². The van der Waals surface area contributed by atoms with Gasteiger partial charge in [-0.3, -0.25) is 13.9 Å². The Morgan fingerprint density at radius 1 is 0.905 bits per heavy atom. The van der Waals surface area contributed by atoms with Gasteiger partial charge in [0.25, 0.3) is 0 Å². The molecule has 3 aromatic rings. The summed E-state index contributed by atoms with van der Waals surface area (Å²) in [6, 6.07) is 22.3. The van der Waals surface area contributed by atoms with Gasteiger partial charge in [0.1, 0.15) is 24.1 Å². The van der Waals surface area contributed by atoms with Crippen LogP contribution in [0.4, 0.5) is 5.69 Å². The van der Waals surface area contributed by atoms with Gasteiger partial charge in [-0.1, -0.05) is 56.3 Å². The molecule has 0 aliphatic rings. The first-order chi connectivity index (χ1) is 20.0. The molecule has 2 amide bonds. The number of hydrogen-bond donors (Lipinski definition) is 1. The van der Waals surface area contributed by atoms with E-state index < -0.39 is 28.5 Å². The third-order valence-corrected chi connectivity index (χ3v) is 7.70. The molecule has 0 saturated carbocycles. The third kappa shape index (κ3) is 9.51. The van der Waals surface area contributed by atoms with Gasteiger partial charge in [-0.15, -0.1) is 0 Å². The molecule has 9 nitrogen and oxygen atoms in total. The zero-order valence-corrected chi connectivity index (χ0v) is 25.8. The predicted molar refractivity (Wildman–Crippen MR) is 165 cm³/mol. The lowest BCUT2D eigenvalue weighted by Crippen LogP contribution is -2.53. The van der Waals surface area contributed by atoms with Crippen LogP contribution in [0.15, 0.2) is 78.9 Å². The summed E-state index contributed by atoms with van der Waals surface area (Å²) < 4.78 is 37.8. The molecule has 0 unspecified atom stereocenters. The molecule has 0 aliphatic heterocycles. The second-order valence-electron chi connectivity index (χ2n) is 10.4. The summed E-state index contributed by atoms with van der Waals surface area (Å²) in [4.78, 5) is 29.3. The molecule has 1 N–H and O–H groups in total. The van der Waals surface area contributed by atoms with E-state index in [1.807, 2.05) is 63.2 Å². The Labute approximate surface area is 249 Å². The molecule has 3 aromatic carbocycles. The number of carbonyl (C=O) groups is 2. The molecule has 1 atom stereocenters. The van der Waals surface area contributed by atoms with Crippen molar-refractivity contribution in [3.8, 4) is 11.5 Å². The number of sulfonamides is 1. The van der Waals surface area contributed by atoms with Crippen LogP contribution in [0.3, 0.4) is 0 Å². The van der Waals surface area contributed by atoms with Gasteiger partial charge in [-0.05, 0) is 60.4 Å². The standard InChI is InChI=1S/C32H41N3O6S/c1-6-41-28-17-15-27(16-18-28)35(42(5,38)39)23-31(36)34(22-26-13-10-14-29(19-26)40-4)30(32(37)33-21-24(2)3)20-25-11-8-7-9-12-25/h7-19,24,30H,6,20-23H2,1-5H3,(H,33,37)/t30-/m1/s1. The first-order valence-corrected chi connectivity index (χ1v) is 15.8. The van der Waals surface area contributed by atoms with E-state index in [2.05, 4.69) is 5.32 Å². The molecule has 0 aliphatic carbocycles. The Balaban J connectivity index is 2.04. The van der Waals surface area contributed by atoms with Crippen LogP contribution in [0.1, 0.15) is 31.9 Å². The summed E-state index contributed by atoms with van der Waals surface area (Å²) >= 11 is 0. The molecule has 0 heterocycles. The molecule has 0 fully saturated rings. The number of methoxy groups -OCH3 is 1. The van der Waals surface area contributed by atoms with Gasteiger partial charge in [-0.2, -0.15) is 0 Å². The second kappa shape index (κ2) is 15.3. The molecule has 0 spiro atoms. The number of nitrogens with one attached hydrogen (secondary N) is 1. The van der Waals surface area contributed by atoms with Gasteiger partial charge in [0.05, 0.1) is 25.7 Å². The third-order valence-electron chi connectivity index (χ3n) is 6.56. The lowest BCUT2D eigenvalue weighted by molar-refractivity contribution is -0.140. The van der Waals surface area contributed by atoms with Crippen LogP contribution in [0.25, 0.3) is 0 Å². The smallest absolute Gasteiger partial charge is 0.244 e. The summed E-state index contributed by atoms with van der Waals surface area (Å²) in [6.07, 6.45) is 1.31. The molecule has 10 heteroatoms. The van der Waals surface area contributed by atoms with Gasteiger partial charge in [0.2, 0.25) is 21.8 Å². The molecule has 3 rings (SSSR count). The zero-order chi connectivity index (χ0) is 30.7.